The number of benzene rings is 1. The molecule has 0 fully saturated rings. The Labute approximate surface area is 113 Å². The predicted octanol–water partition coefficient (Wildman–Crippen LogP) is 2.47. The van der Waals surface area contributed by atoms with Crippen molar-refractivity contribution in [2.45, 2.75) is 20.3 Å². The summed E-state index contributed by atoms with van der Waals surface area (Å²) in [5.74, 6) is -0.673. The van der Waals surface area contributed by atoms with E-state index in [0.29, 0.717) is 0 Å². The number of esters is 1. The number of carbonyl (C=O) groups is 2. The summed E-state index contributed by atoms with van der Waals surface area (Å²) in [6.07, 6.45) is 0.201. The van der Waals surface area contributed by atoms with Crippen molar-refractivity contribution in [1.29, 1.82) is 0 Å². The minimum absolute atomic E-state index is 0.0725. The summed E-state index contributed by atoms with van der Waals surface area (Å²) in [7, 11) is 1.30. The van der Waals surface area contributed by atoms with Crippen molar-refractivity contribution in [3.05, 3.63) is 30.3 Å². The third-order valence-corrected chi connectivity index (χ3v) is 2.83. The molecule has 1 rings (SSSR count). The van der Waals surface area contributed by atoms with E-state index in [9.17, 15) is 9.59 Å². The van der Waals surface area contributed by atoms with Gasteiger partial charge in [-0.2, -0.15) is 0 Å². The van der Waals surface area contributed by atoms with Gasteiger partial charge in [-0.15, -0.1) is 0 Å². The van der Waals surface area contributed by atoms with E-state index in [-0.39, 0.29) is 24.7 Å². The van der Waals surface area contributed by atoms with Gasteiger partial charge in [-0.3, -0.25) is 9.59 Å². The number of ketones is 1. The highest BCUT2D eigenvalue weighted by atomic mass is 16.5. The first-order valence-electron chi connectivity index (χ1n) is 6.34. The maximum Gasteiger partial charge on any atom is 0.316 e. The average Bonchev–Trinajstić information content (AvgIpc) is 2.39. The highest BCUT2D eigenvalue weighted by molar-refractivity contribution is 5.99. The van der Waals surface area contributed by atoms with Gasteiger partial charge in [-0.05, 0) is 18.1 Å². The van der Waals surface area contributed by atoms with Crippen LogP contribution in [-0.2, 0) is 14.3 Å². The van der Waals surface area contributed by atoms with E-state index in [2.05, 4.69) is 4.74 Å². The molecule has 0 radical (unpaired) electrons. The van der Waals surface area contributed by atoms with Gasteiger partial charge in [-0.25, -0.2) is 0 Å². The van der Waals surface area contributed by atoms with Gasteiger partial charge in [0, 0.05) is 6.42 Å². The van der Waals surface area contributed by atoms with Gasteiger partial charge in [0.25, 0.3) is 0 Å². The van der Waals surface area contributed by atoms with Crippen molar-refractivity contribution in [2.75, 3.05) is 13.7 Å². The Morgan fingerprint density at radius 1 is 1.16 bits per heavy atom. The molecule has 0 aromatic heterocycles. The van der Waals surface area contributed by atoms with E-state index in [0.717, 1.165) is 5.75 Å². The number of hydrogen-bond donors (Lipinski definition) is 0. The zero-order chi connectivity index (χ0) is 14.3. The quantitative estimate of drug-likeness (QED) is 0.561. The third-order valence-electron chi connectivity index (χ3n) is 2.83. The molecule has 1 aromatic rings. The van der Waals surface area contributed by atoms with E-state index >= 15 is 0 Å². The molecule has 1 unspecified atom stereocenters. The molecule has 0 spiro atoms. The van der Waals surface area contributed by atoms with Crippen LogP contribution in [0.25, 0.3) is 0 Å². The minimum Gasteiger partial charge on any atom is -0.493 e. The second kappa shape index (κ2) is 7.56. The number of rotatable bonds is 7. The van der Waals surface area contributed by atoms with E-state index in [1.54, 1.807) is 0 Å². The van der Waals surface area contributed by atoms with Crippen molar-refractivity contribution >= 4 is 11.8 Å². The molecule has 0 aliphatic rings. The first kappa shape index (κ1) is 15.2. The number of para-hydroxylation sites is 1. The molecule has 104 valence electrons. The van der Waals surface area contributed by atoms with Gasteiger partial charge in [-0.1, -0.05) is 32.0 Å². The lowest BCUT2D eigenvalue weighted by Crippen LogP contribution is -2.30. The Balaban J connectivity index is 2.47. The average molecular weight is 264 g/mol. The second-order valence-electron chi connectivity index (χ2n) is 4.62. The Hall–Kier alpha value is -1.84. The maximum atomic E-state index is 12.0. The molecule has 0 amide bonds. The largest absolute Gasteiger partial charge is 0.493 e. The van der Waals surface area contributed by atoms with Crippen LogP contribution in [-0.4, -0.2) is 25.5 Å². The third kappa shape index (κ3) is 4.73. The van der Waals surface area contributed by atoms with E-state index in [1.807, 2.05) is 44.2 Å². The fraction of sp³-hybridized carbons (Fsp3) is 0.467. The number of Topliss-reactive ketones (excluding diaryl/α,β-unsaturated/α-hetero) is 1. The van der Waals surface area contributed by atoms with E-state index in [4.69, 9.17) is 4.74 Å². The van der Waals surface area contributed by atoms with Gasteiger partial charge >= 0.3 is 5.97 Å². The Morgan fingerprint density at radius 2 is 1.79 bits per heavy atom. The fourth-order valence-electron chi connectivity index (χ4n) is 1.84. The van der Waals surface area contributed by atoms with Crippen molar-refractivity contribution in [1.82, 2.24) is 0 Å². The molecule has 19 heavy (non-hydrogen) atoms. The van der Waals surface area contributed by atoms with Gasteiger partial charge in [0.15, 0.2) is 5.78 Å². The minimum atomic E-state index is -0.704. The van der Waals surface area contributed by atoms with Crippen molar-refractivity contribution < 1.29 is 19.1 Å². The topological polar surface area (TPSA) is 52.6 Å². The molecular weight excluding hydrogens is 244 g/mol. The molecule has 0 bridgehead atoms. The summed E-state index contributed by atoms with van der Waals surface area (Å²) in [4.78, 5) is 23.5. The molecule has 0 heterocycles. The summed E-state index contributed by atoms with van der Waals surface area (Å²) >= 11 is 0. The van der Waals surface area contributed by atoms with Crippen LogP contribution in [0, 0.1) is 11.8 Å². The number of ether oxygens (including phenoxy) is 2. The monoisotopic (exact) mass is 264 g/mol. The van der Waals surface area contributed by atoms with Crippen LogP contribution in [0.5, 0.6) is 5.75 Å². The van der Waals surface area contributed by atoms with Crippen LogP contribution in [0.2, 0.25) is 0 Å². The summed E-state index contributed by atoms with van der Waals surface area (Å²) < 4.78 is 10.1. The smallest absolute Gasteiger partial charge is 0.316 e. The van der Waals surface area contributed by atoms with Gasteiger partial charge < -0.3 is 9.47 Å². The summed E-state index contributed by atoms with van der Waals surface area (Å²) in [5, 5.41) is 0. The highest BCUT2D eigenvalue weighted by Crippen LogP contribution is 2.16. The molecule has 0 aliphatic heterocycles. The van der Waals surface area contributed by atoms with Crippen molar-refractivity contribution in [3.8, 4) is 5.75 Å². The normalized spacial score (nSPS) is 12.0. The van der Waals surface area contributed by atoms with Gasteiger partial charge in [0.2, 0.25) is 0 Å². The summed E-state index contributed by atoms with van der Waals surface area (Å²) in [6, 6.07) is 9.27. The van der Waals surface area contributed by atoms with Crippen LogP contribution in [0.15, 0.2) is 30.3 Å². The standard InChI is InChI=1S/C15H20O4/c1-11(2)14(15(17)18-3)13(16)9-10-19-12-7-5-4-6-8-12/h4-8,11,14H,9-10H2,1-3H3. The van der Waals surface area contributed by atoms with Gasteiger partial charge in [0.1, 0.15) is 11.7 Å². The zero-order valence-corrected chi connectivity index (χ0v) is 11.6. The number of methoxy groups -OCH3 is 1. The molecule has 0 saturated carbocycles. The van der Waals surface area contributed by atoms with Crippen molar-refractivity contribution in [3.63, 3.8) is 0 Å². The predicted molar refractivity (Wildman–Crippen MR) is 71.9 cm³/mol. The SMILES string of the molecule is COC(=O)C(C(=O)CCOc1ccccc1)C(C)C. The van der Waals surface area contributed by atoms with E-state index in [1.165, 1.54) is 7.11 Å². The molecule has 4 heteroatoms. The zero-order valence-electron chi connectivity index (χ0n) is 11.6. The molecule has 1 aromatic carbocycles. The molecular formula is C15H20O4. The molecule has 0 aliphatic carbocycles. The summed E-state index contributed by atoms with van der Waals surface area (Å²) in [5.41, 5.74) is 0. The molecule has 0 N–H and O–H groups in total. The Kier molecular flexibility index (Phi) is 6.06. The Bertz CT molecular complexity index is 411. The Morgan fingerprint density at radius 3 is 2.32 bits per heavy atom. The number of carbonyl (C=O) groups excluding carboxylic acids is 2. The molecule has 1 atom stereocenters. The van der Waals surface area contributed by atoms with Crippen LogP contribution >= 0.6 is 0 Å². The maximum absolute atomic E-state index is 12.0. The lowest BCUT2D eigenvalue weighted by Gasteiger charge is -2.17. The van der Waals surface area contributed by atoms with Crippen LogP contribution in [0.3, 0.4) is 0 Å². The molecule has 0 saturated heterocycles. The lowest BCUT2D eigenvalue weighted by atomic mass is 9.90. The molecule has 4 nitrogen and oxygen atoms in total. The van der Waals surface area contributed by atoms with Crippen LogP contribution in [0.1, 0.15) is 20.3 Å². The van der Waals surface area contributed by atoms with Crippen LogP contribution < -0.4 is 4.74 Å². The lowest BCUT2D eigenvalue weighted by molar-refractivity contribution is -0.151. The van der Waals surface area contributed by atoms with Crippen molar-refractivity contribution in [2.24, 2.45) is 11.8 Å². The van der Waals surface area contributed by atoms with Crippen LogP contribution in [0.4, 0.5) is 0 Å². The van der Waals surface area contributed by atoms with E-state index < -0.39 is 11.9 Å². The first-order chi connectivity index (χ1) is 9.06. The highest BCUT2D eigenvalue weighted by Gasteiger charge is 2.30. The second-order valence-corrected chi connectivity index (χ2v) is 4.62. The first-order valence-corrected chi connectivity index (χ1v) is 6.34. The summed E-state index contributed by atoms with van der Waals surface area (Å²) in [6.45, 7) is 3.93. The number of hydrogen-bond acceptors (Lipinski definition) is 4. The van der Waals surface area contributed by atoms with Gasteiger partial charge in [0.05, 0.1) is 13.7 Å². The fourth-order valence-corrected chi connectivity index (χ4v) is 1.84.